The van der Waals surface area contributed by atoms with E-state index in [9.17, 15) is 14.7 Å². The van der Waals surface area contributed by atoms with Gasteiger partial charge < -0.3 is 23.9 Å². The molecule has 0 fully saturated rings. The molecule has 3 aromatic rings. The van der Waals surface area contributed by atoms with Crippen molar-refractivity contribution in [1.82, 2.24) is 4.90 Å². The van der Waals surface area contributed by atoms with Gasteiger partial charge in [-0.15, -0.1) is 0 Å². The Morgan fingerprint density at radius 1 is 1.09 bits per heavy atom. The Hall–Kier alpha value is -4.00. The molecule has 1 atom stereocenters. The number of hydrogen-bond donors (Lipinski definition) is 1. The van der Waals surface area contributed by atoms with Crippen LogP contribution in [0.2, 0.25) is 0 Å². The molecule has 4 rings (SSSR count). The first-order chi connectivity index (χ1) is 16.9. The monoisotopic (exact) mass is 475 g/mol. The lowest BCUT2D eigenvalue weighted by Crippen LogP contribution is -2.30. The second-order valence-electron chi connectivity index (χ2n) is 8.83. The van der Waals surface area contributed by atoms with E-state index in [-0.39, 0.29) is 17.9 Å². The number of aliphatic hydroxyl groups excluding tert-OH is 1. The van der Waals surface area contributed by atoms with Crippen LogP contribution in [0.4, 0.5) is 0 Å². The third-order valence-corrected chi connectivity index (χ3v) is 5.95. The number of Topliss-reactive ketones (excluding diaryl/α,β-unsaturated/α-hetero) is 1. The van der Waals surface area contributed by atoms with E-state index in [2.05, 4.69) is 13.8 Å². The predicted molar refractivity (Wildman–Crippen MR) is 130 cm³/mol. The summed E-state index contributed by atoms with van der Waals surface area (Å²) < 4.78 is 16.8. The zero-order valence-electron chi connectivity index (χ0n) is 20.1. The van der Waals surface area contributed by atoms with Crippen LogP contribution in [0.15, 0.2) is 82.7 Å². The summed E-state index contributed by atoms with van der Waals surface area (Å²) in [5.41, 5.74) is 1.45. The Morgan fingerprint density at radius 2 is 1.86 bits per heavy atom. The molecule has 0 saturated carbocycles. The van der Waals surface area contributed by atoms with Gasteiger partial charge in [-0.3, -0.25) is 9.59 Å². The van der Waals surface area contributed by atoms with E-state index in [1.807, 2.05) is 30.3 Å². The Balaban J connectivity index is 1.74. The van der Waals surface area contributed by atoms with Crippen LogP contribution in [-0.4, -0.2) is 35.4 Å². The number of amides is 1. The summed E-state index contributed by atoms with van der Waals surface area (Å²) in [6.45, 7) is 4.99. The van der Waals surface area contributed by atoms with Crippen molar-refractivity contribution in [3.05, 3.63) is 95.1 Å². The van der Waals surface area contributed by atoms with Gasteiger partial charge in [0.2, 0.25) is 5.78 Å². The maximum atomic E-state index is 13.3. The number of methoxy groups -OCH3 is 1. The first kappa shape index (κ1) is 24.1. The van der Waals surface area contributed by atoms with Gasteiger partial charge in [0.15, 0.2) is 23.0 Å². The third kappa shape index (κ3) is 5.09. The smallest absolute Gasteiger partial charge is 0.290 e. The number of nitrogens with zero attached hydrogens (tertiary/aromatic N) is 1. The van der Waals surface area contributed by atoms with E-state index in [1.165, 1.54) is 24.3 Å². The number of carbonyl (C=O) groups is 2. The Bertz CT molecular complexity index is 1210. The number of ether oxygens (including phenoxy) is 2. The molecule has 0 saturated heterocycles. The Labute approximate surface area is 204 Å². The van der Waals surface area contributed by atoms with Crippen LogP contribution in [0, 0.1) is 5.92 Å². The van der Waals surface area contributed by atoms with Gasteiger partial charge in [-0.25, -0.2) is 0 Å². The summed E-state index contributed by atoms with van der Waals surface area (Å²) in [5, 5.41) is 10.8. The first-order valence-electron chi connectivity index (χ1n) is 11.6. The molecule has 0 spiro atoms. The van der Waals surface area contributed by atoms with Crippen LogP contribution >= 0.6 is 0 Å². The first-order valence-corrected chi connectivity index (χ1v) is 11.6. The normalized spacial score (nSPS) is 15.7. The minimum Gasteiger partial charge on any atom is -0.503 e. The zero-order chi connectivity index (χ0) is 24.9. The largest absolute Gasteiger partial charge is 0.503 e. The molecule has 1 aromatic heterocycles. The number of rotatable bonds is 10. The van der Waals surface area contributed by atoms with Crippen LogP contribution in [0.3, 0.4) is 0 Å². The van der Waals surface area contributed by atoms with Crippen LogP contribution in [0.25, 0.3) is 0 Å². The van der Waals surface area contributed by atoms with Gasteiger partial charge in [-0.1, -0.05) is 50.2 Å². The lowest BCUT2D eigenvalue weighted by atomic mass is 9.94. The molecule has 182 valence electrons. The fourth-order valence-electron chi connectivity index (χ4n) is 4.09. The highest BCUT2D eigenvalue weighted by molar-refractivity contribution is 6.15. The lowest BCUT2D eigenvalue weighted by Gasteiger charge is -2.27. The average Bonchev–Trinajstić information content (AvgIpc) is 3.48. The van der Waals surface area contributed by atoms with Crippen molar-refractivity contribution >= 4 is 11.7 Å². The lowest BCUT2D eigenvalue weighted by molar-refractivity contribution is -0.130. The molecule has 1 amide bonds. The number of aliphatic hydroxyl groups is 1. The van der Waals surface area contributed by atoms with Crippen molar-refractivity contribution < 1.29 is 28.6 Å². The van der Waals surface area contributed by atoms with Crippen LogP contribution in [0.5, 0.6) is 11.5 Å². The van der Waals surface area contributed by atoms with Gasteiger partial charge in [0.1, 0.15) is 0 Å². The van der Waals surface area contributed by atoms with E-state index in [0.29, 0.717) is 29.6 Å². The summed E-state index contributed by atoms with van der Waals surface area (Å²) in [5.74, 6) is -0.144. The topological polar surface area (TPSA) is 89.2 Å². The highest BCUT2D eigenvalue weighted by Gasteiger charge is 2.44. The Kier molecular flexibility index (Phi) is 7.25. The molecule has 7 heteroatoms. The number of hydrogen-bond acceptors (Lipinski definition) is 6. The van der Waals surface area contributed by atoms with Crippen LogP contribution in [-0.2, 0) is 11.3 Å². The molecule has 7 nitrogen and oxygen atoms in total. The molecule has 1 N–H and O–H groups in total. The van der Waals surface area contributed by atoms with E-state index >= 15 is 0 Å². The Morgan fingerprint density at radius 3 is 2.51 bits per heavy atom. The SMILES string of the molecule is COc1cc(C2C(C(=O)c3ccco3)=C(O)C(=O)N2Cc2ccccc2)ccc1OCCC(C)C. The molecule has 35 heavy (non-hydrogen) atoms. The molecule has 2 heterocycles. The molecule has 2 aromatic carbocycles. The van der Waals surface area contributed by atoms with Crippen LogP contribution in [0.1, 0.15) is 48.0 Å². The highest BCUT2D eigenvalue weighted by atomic mass is 16.5. The fraction of sp³-hybridized carbons (Fsp3) is 0.286. The third-order valence-electron chi connectivity index (χ3n) is 5.95. The molecular formula is C28H29NO6. The van der Waals surface area contributed by atoms with Crippen molar-refractivity contribution in [2.24, 2.45) is 5.92 Å². The average molecular weight is 476 g/mol. The maximum Gasteiger partial charge on any atom is 0.290 e. The number of carbonyl (C=O) groups excluding carboxylic acids is 2. The van der Waals surface area contributed by atoms with E-state index in [1.54, 1.807) is 24.3 Å². The molecule has 0 bridgehead atoms. The van der Waals surface area contributed by atoms with Gasteiger partial charge in [-0.2, -0.15) is 0 Å². The summed E-state index contributed by atoms with van der Waals surface area (Å²) in [6, 6.07) is 17.0. The van der Waals surface area contributed by atoms with Gasteiger partial charge in [0.05, 0.1) is 31.6 Å². The molecular weight excluding hydrogens is 446 g/mol. The quantitative estimate of drug-likeness (QED) is 0.390. The fourth-order valence-corrected chi connectivity index (χ4v) is 4.09. The van der Waals surface area contributed by atoms with Crippen molar-refractivity contribution in [2.45, 2.75) is 32.9 Å². The van der Waals surface area contributed by atoms with E-state index in [0.717, 1.165) is 12.0 Å². The molecule has 1 aliphatic heterocycles. The zero-order valence-corrected chi connectivity index (χ0v) is 20.1. The highest BCUT2D eigenvalue weighted by Crippen LogP contribution is 2.42. The summed E-state index contributed by atoms with van der Waals surface area (Å²) in [4.78, 5) is 28.0. The number of ketones is 1. The number of benzene rings is 2. The van der Waals surface area contributed by atoms with Crippen molar-refractivity contribution in [3.63, 3.8) is 0 Å². The van der Waals surface area contributed by atoms with Crippen molar-refractivity contribution in [2.75, 3.05) is 13.7 Å². The van der Waals surface area contributed by atoms with Gasteiger partial charge >= 0.3 is 0 Å². The second kappa shape index (κ2) is 10.5. The van der Waals surface area contributed by atoms with Gasteiger partial charge in [0.25, 0.3) is 5.91 Å². The minimum absolute atomic E-state index is 0.0311. The minimum atomic E-state index is -0.834. The van der Waals surface area contributed by atoms with Crippen molar-refractivity contribution in [1.29, 1.82) is 0 Å². The molecule has 1 aliphatic rings. The van der Waals surface area contributed by atoms with Gasteiger partial charge in [-0.05, 0) is 47.7 Å². The molecule has 0 radical (unpaired) electrons. The summed E-state index contributed by atoms with van der Waals surface area (Å²) in [6.07, 6.45) is 2.27. The van der Waals surface area contributed by atoms with Crippen molar-refractivity contribution in [3.8, 4) is 11.5 Å². The van der Waals surface area contributed by atoms with E-state index in [4.69, 9.17) is 13.9 Å². The molecule has 0 aliphatic carbocycles. The molecule has 1 unspecified atom stereocenters. The van der Waals surface area contributed by atoms with Crippen LogP contribution < -0.4 is 9.47 Å². The number of furan rings is 1. The van der Waals surface area contributed by atoms with E-state index < -0.39 is 23.5 Å². The summed E-state index contributed by atoms with van der Waals surface area (Å²) >= 11 is 0. The van der Waals surface area contributed by atoms with Gasteiger partial charge in [0, 0.05) is 6.54 Å². The summed E-state index contributed by atoms with van der Waals surface area (Å²) in [7, 11) is 1.54. The second-order valence-corrected chi connectivity index (χ2v) is 8.83. The maximum absolute atomic E-state index is 13.3. The predicted octanol–water partition coefficient (Wildman–Crippen LogP) is 5.49. The standard InChI is InChI=1S/C28H29NO6/c1-18(2)13-15-35-21-12-11-20(16-23(21)33-3)25-24(26(30)22-10-7-14-34-22)27(31)28(32)29(25)17-19-8-5-4-6-9-19/h4-12,14,16,18,25,31H,13,15,17H2,1-3H3.